The van der Waals surface area contributed by atoms with E-state index in [0.29, 0.717) is 0 Å². The smallest absolute Gasteiger partial charge is 0.512 e. The molecule has 0 aromatic heterocycles. The summed E-state index contributed by atoms with van der Waals surface area (Å²) in [4.78, 5) is -0.00410. The van der Waals surface area contributed by atoms with Crippen molar-refractivity contribution in [3.05, 3.63) is 24.3 Å². The van der Waals surface area contributed by atoms with Crippen LogP contribution < -0.4 is 9.38 Å². The van der Waals surface area contributed by atoms with Gasteiger partial charge in [0.25, 0.3) is 0 Å². The van der Waals surface area contributed by atoms with Gasteiger partial charge >= 0.3 is 7.32 Å². The second-order valence-corrected chi connectivity index (χ2v) is 6.46. The highest BCUT2D eigenvalue weighted by Gasteiger charge is 2.22. The predicted molar refractivity (Wildman–Crippen MR) is 67.3 cm³/mol. The molecule has 0 saturated heterocycles. The van der Waals surface area contributed by atoms with Crippen molar-refractivity contribution in [3.63, 3.8) is 0 Å². The molecule has 1 aromatic rings. The summed E-state index contributed by atoms with van der Waals surface area (Å²) in [7, 11) is -5.66. The SMILES string of the molecule is CC(C)(C)NS(=O)(=O)c1cccc(OB(O)O)c1. The Balaban J connectivity index is 3.03. The fourth-order valence-corrected chi connectivity index (χ4v) is 2.75. The largest absolute Gasteiger partial charge is 0.707 e. The molecular weight excluding hydrogens is 257 g/mol. The molecule has 3 N–H and O–H groups in total. The van der Waals surface area contributed by atoms with E-state index in [9.17, 15) is 8.42 Å². The van der Waals surface area contributed by atoms with Crippen molar-refractivity contribution < 1.29 is 23.1 Å². The maximum atomic E-state index is 12.0. The minimum atomic E-state index is -3.67. The zero-order chi connectivity index (χ0) is 14.0. The molecule has 0 aliphatic carbocycles. The fraction of sp³-hybridized carbons (Fsp3) is 0.400. The van der Waals surface area contributed by atoms with Crippen LogP contribution in [-0.4, -0.2) is 31.3 Å². The Kier molecular flexibility index (Phi) is 4.39. The quantitative estimate of drug-likeness (QED) is 0.677. The van der Waals surface area contributed by atoms with E-state index in [1.54, 1.807) is 20.8 Å². The van der Waals surface area contributed by atoms with Crippen molar-refractivity contribution in [3.8, 4) is 5.75 Å². The molecule has 0 heterocycles. The molecule has 0 amide bonds. The van der Waals surface area contributed by atoms with Crippen LogP contribution in [-0.2, 0) is 10.0 Å². The highest BCUT2D eigenvalue weighted by molar-refractivity contribution is 7.89. The summed E-state index contributed by atoms with van der Waals surface area (Å²) in [6.07, 6.45) is 0. The van der Waals surface area contributed by atoms with E-state index in [4.69, 9.17) is 10.0 Å². The van der Waals surface area contributed by atoms with Crippen LogP contribution in [0.15, 0.2) is 29.2 Å². The Morgan fingerprint density at radius 2 is 1.89 bits per heavy atom. The predicted octanol–water partition coefficient (Wildman–Crippen LogP) is 0.112. The van der Waals surface area contributed by atoms with Crippen molar-refractivity contribution in [1.29, 1.82) is 0 Å². The van der Waals surface area contributed by atoms with Crippen LogP contribution in [0.4, 0.5) is 0 Å². The Bertz CT molecular complexity index is 509. The summed E-state index contributed by atoms with van der Waals surface area (Å²) in [6.45, 7) is 5.17. The topological polar surface area (TPSA) is 95.9 Å². The van der Waals surface area contributed by atoms with Gasteiger partial charge in [-0.25, -0.2) is 13.1 Å². The van der Waals surface area contributed by atoms with E-state index in [2.05, 4.69) is 9.38 Å². The monoisotopic (exact) mass is 273 g/mol. The molecule has 0 atom stereocenters. The van der Waals surface area contributed by atoms with Crippen molar-refractivity contribution in [2.75, 3.05) is 0 Å². The molecular formula is C10H16BNO5S. The average molecular weight is 273 g/mol. The van der Waals surface area contributed by atoms with Gasteiger partial charge in [0.2, 0.25) is 10.0 Å². The number of hydrogen-bond acceptors (Lipinski definition) is 5. The van der Waals surface area contributed by atoms with Crippen LogP contribution in [0.2, 0.25) is 0 Å². The lowest BCUT2D eigenvalue weighted by Gasteiger charge is -2.20. The Hall–Kier alpha value is -1.09. The first-order chi connectivity index (χ1) is 8.10. The maximum Gasteiger partial charge on any atom is 0.707 e. The van der Waals surface area contributed by atoms with Crippen LogP contribution in [0.3, 0.4) is 0 Å². The standard InChI is InChI=1S/C10H16BNO5S/c1-10(2,3)12-18(15,16)9-6-4-5-8(7-9)17-11(13)14/h4-7,12-14H,1-3H3. The molecule has 1 aromatic carbocycles. The summed E-state index contributed by atoms with van der Waals surface area (Å²) >= 11 is 0. The zero-order valence-electron chi connectivity index (χ0n) is 10.4. The summed E-state index contributed by atoms with van der Waals surface area (Å²) in [5, 5.41) is 17.3. The van der Waals surface area contributed by atoms with Gasteiger partial charge in [-0.3, -0.25) is 0 Å². The molecule has 0 aliphatic heterocycles. The third kappa shape index (κ3) is 4.65. The molecule has 8 heteroatoms. The van der Waals surface area contributed by atoms with Gasteiger partial charge in [-0.05, 0) is 39.0 Å². The lowest BCUT2D eigenvalue weighted by atomic mass is 10.1. The first kappa shape index (κ1) is 15.0. The molecule has 18 heavy (non-hydrogen) atoms. The van der Waals surface area contributed by atoms with Gasteiger partial charge in [0.15, 0.2) is 0 Å². The molecule has 6 nitrogen and oxygen atoms in total. The summed E-state index contributed by atoms with van der Waals surface area (Å²) in [5.74, 6) is 0.0572. The number of rotatable bonds is 4. The van der Waals surface area contributed by atoms with Crippen LogP contribution in [0.1, 0.15) is 20.8 Å². The van der Waals surface area contributed by atoms with Crippen molar-refractivity contribution in [1.82, 2.24) is 4.72 Å². The molecule has 0 saturated carbocycles. The van der Waals surface area contributed by atoms with Crippen LogP contribution in [0.5, 0.6) is 5.75 Å². The van der Waals surface area contributed by atoms with E-state index in [1.807, 2.05) is 0 Å². The molecule has 0 spiro atoms. The van der Waals surface area contributed by atoms with Gasteiger partial charge in [0.1, 0.15) is 5.75 Å². The summed E-state index contributed by atoms with van der Waals surface area (Å²) in [6, 6.07) is 5.49. The van der Waals surface area contributed by atoms with E-state index in [1.165, 1.54) is 24.3 Å². The minimum absolute atomic E-state index is 0.00410. The van der Waals surface area contributed by atoms with Gasteiger partial charge in [0, 0.05) is 5.54 Å². The van der Waals surface area contributed by atoms with Crippen molar-refractivity contribution in [2.24, 2.45) is 0 Å². The van der Waals surface area contributed by atoms with Gasteiger partial charge < -0.3 is 14.7 Å². The molecule has 0 aliphatic rings. The lowest BCUT2D eigenvalue weighted by Crippen LogP contribution is -2.40. The number of sulfonamides is 1. The second kappa shape index (κ2) is 5.27. The zero-order valence-corrected chi connectivity index (χ0v) is 11.2. The molecule has 0 fully saturated rings. The normalized spacial score (nSPS) is 12.3. The van der Waals surface area contributed by atoms with E-state index < -0.39 is 22.9 Å². The summed E-state index contributed by atoms with van der Waals surface area (Å²) < 4.78 is 31.1. The highest BCUT2D eigenvalue weighted by atomic mass is 32.2. The number of nitrogens with one attached hydrogen (secondary N) is 1. The van der Waals surface area contributed by atoms with Gasteiger partial charge in [-0.1, -0.05) is 6.07 Å². The maximum absolute atomic E-state index is 12.0. The molecule has 0 unspecified atom stereocenters. The third-order valence-corrected chi connectivity index (χ3v) is 3.55. The molecule has 0 bridgehead atoms. The molecule has 1 rings (SSSR count). The minimum Gasteiger partial charge on any atom is -0.512 e. The highest BCUT2D eigenvalue weighted by Crippen LogP contribution is 2.19. The van der Waals surface area contributed by atoms with E-state index in [-0.39, 0.29) is 10.6 Å². The Morgan fingerprint density at radius 1 is 1.28 bits per heavy atom. The Morgan fingerprint density at radius 3 is 2.39 bits per heavy atom. The molecule has 100 valence electrons. The second-order valence-electron chi connectivity index (χ2n) is 4.77. The van der Waals surface area contributed by atoms with E-state index >= 15 is 0 Å². The van der Waals surface area contributed by atoms with E-state index in [0.717, 1.165) is 0 Å². The number of hydrogen-bond donors (Lipinski definition) is 3. The van der Waals surface area contributed by atoms with Crippen LogP contribution in [0, 0.1) is 0 Å². The van der Waals surface area contributed by atoms with Crippen LogP contribution in [0.25, 0.3) is 0 Å². The van der Waals surface area contributed by atoms with Crippen molar-refractivity contribution >= 4 is 17.3 Å². The lowest BCUT2D eigenvalue weighted by molar-refractivity contribution is 0.288. The van der Waals surface area contributed by atoms with Gasteiger partial charge in [-0.2, -0.15) is 0 Å². The number of benzene rings is 1. The molecule has 0 radical (unpaired) electrons. The van der Waals surface area contributed by atoms with Gasteiger partial charge in [0.05, 0.1) is 4.90 Å². The van der Waals surface area contributed by atoms with Gasteiger partial charge in [-0.15, -0.1) is 0 Å². The fourth-order valence-electron chi connectivity index (χ4n) is 1.30. The Labute approximate surface area is 107 Å². The average Bonchev–Trinajstić information content (AvgIpc) is 2.13. The third-order valence-electron chi connectivity index (χ3n) is 1.80. The van der Waals surface area contributed by atoms with Crippen LogP contribution >= 0.6 is 0 Å². The first-order valence-corrected chi connectivity index (χ1v) is 6.75. The summed E-state index contributed by atoms with van der Waals surface area (Å²) in [5.41, 5.74) is -0.605. The first-order valence-electron chi connectivity index (χ1n) is 5.27. The van der Waals surface area contributed by atoms with Crippen molar-refractivity contribution in [2.45, 2.75) is 31.2 Å².